The summed E-state index contributed by atoms with van der Waals surface area (Å²) in [5.41, 5.74) is 2.42. The third-order valence-electron chi connectivity index (χ3n) is 4.47. The highest BCUT2D eigenvalue weighted by Gasteiger charge is 2.14. The van der Waals surface area contributed by atoms with E-state index in [0.717, 1.165) is 19.1 Å². The number of nitrogens with zero attached hydrogens (tertiary/aromatic N) is 1. The Bertz CT molecular complexity index is 513. The first-order valence-electron chi connectivity index (χ1n) is 9.52. The minimum atomic E-state index is 0.560. The molecule has 0 aromatic heterocycles. The number of rotatable bonds is 9. The summed E-state index contributed by atoms with van der Waals surface area (Å²) < 4.78 is 10.9. The summed E-state index contributed by atoms with van der Waals surface area (Å²) in [5.74, 6) is 0.894. The lowest BCUT2D eigenvalue weighted by molar-refractivity contribution is 0.0453. The second-order valence-electron chi connectivity index (χ2n) is 6.47. The maximum Gasteiger partial charge on any atom is 0.191 e. The van der Waals surface area contributed by atoms with Crippen molar-refractivity contribution in [2.45, 2.75) is 58.2 Å². The largest absolute Gasteiger partial charge is 0.379 e. The van der Waals surface area contributed by atoms with Crippen LogP contribution >= 0.6 is 0 Å². The first-order valence-corrected chi connectivity index (χ1v) is 9.52. The monoisotopic (exact) mass is 347 g/mol. The minimum Gasteiger partial charge on any atom is -0.379 e. The quantitative estimate of drug-likeness (QED) is 0.409. The van der Waals surface area contributed by atoms with Crippen LogP contribution in [0, 0.1) is 0 Å². The number of nitrogens with one attached hydrogen (secondary N) is 2. The van der Waals surface area contributed by atoms with Gasteiger partial charge in [-0.3, -0.25) is 4.99 Å². The van der Waals surface area contributed by atoms with Crippen molar-refractivity contribution in [1.29, 1.82) is 0 Å². The molecule has 0 saturated heterocycles. The zero-order chi connectivity index (χ0) is 17.7. The van der Waals surface area contributed by atoms with Gasteiger partial charge in [-0.2, -0.15) is 0 Å². The first kappa shape index (κ1) is 19.7. The molecule has 0 unspecified atom stereocenters. The summed E-state index contributed by atoms with van der Waals surface area (Å²) in [6, 6.07) is 9.05. The van der Waals surface area contributed by atoms with Crippen LogP contribution in [0.4, 0.5) is 0 Å². The van der Waals surface area contributed by atoms with Gasteiger partial charge in [0, 0.05) is 26.2 Å². The number of ether oxygens (including phenoxy) is 2. The molecule has 0 heterocycles. The summed E-state index contributed by atoms with van der Waals surface area (Å²) in [5, 5.41) is 6.97. The second-order valence-corrected chi connectivity index (χ2v) is 6.47. The van der Waals surface area contributed by atoms with Gasteiger partial charge in [-0.15, -0.1) is 0 Å². The van der Waals surface area contributed by atoms with E-state index in [-0.39, 0.29) is 0 Å². The Labute approximate surface area is 152 Å². The summed E-state index contributed by atoms with van der Waals surface area (Å²) in [6.07, 6.45) is 6.49. The van der Waals surface area contributed by atoms with Crippen molar-refractivity contribution in [3.8, 4) is 0 Å². The lowest BCUT2D eigenvalue weighted by atomic mass is 9.96. The molecule has 1 aromatic rings. The van der Waals surface area contributed by atoms with Crippen molar-refractivity contribution in [3.05, 3.63) is 35.4 Å². The fourth-order valence-corrected chi connectivity index (χ4v) is 3.10. The van der Waals surface area contributed by atoms with E-state index in [2.05, 4.69) is 39.9 Å². The van der Waals surface area contributed by atoms with Gasteiger partial charge in [0.15, 0.2) is 5.96 Å². The van der Waals surface area contributed by atoms with Gasteiger partial charge in [-0.1, -0.05) is 43.5 Å². The normalized spacial score (nSPS) is 16.0. The standard InChI is InChI=1S/C20H33N3O2/c1-3-24-12-13-25-16-18-9-7-8-17(14-18)15-22-20(21-2)23-19-10-5-4-6-11-19/h7-9,14,19H,3-6,10-13,15-16H2,1-2H3,(H2,21,22,23). The van der Waals surface area contributed by atoms with Crippen LogP contribution in [0.25, 0.3) is 0 Å². The molecule has 1 saturated carbocycles. The van der Waals surface area contributed by atoms with Gasteiger partial charge in [0.25, 0.3) is 0 Å². The summed E-state index contributed by atoms with van der Waals surface area (Å²) in [7, 11) is 1.83. The summed E-state index contributed by atoms with van der Waals surface area (Å²) in [4.78, 5) is 4.35. The van der Waals surface area contributed by atoms with E-state index in [4.69, 9.17) is 9.47 Å². The maximum absolute atomic E-state index is 5.64. The Hall–Kier alpha value is -1.59. The van der Waals surface area contributed by atoms with Gasteiger partial charge in [0.05, 0.1) is 19.8 Å². The fraction of sp³-hybridized carbons (Fsp3) is 0.650. The molecule has 25 heavy (non-hydrogen) atoms. The molecule has 0 bridgehead atoms. The Kier molecular flexibility index (Phi) is 9.37. The number of guanidine groups is 1. The van der Waals surface area contributed by atoms with Gasteiger partial charge >= 0.3 is 0 Å². The highest BCUT2D eigenvalue weighted by molar-refractivity contribution is 5.79. The smallest absolute Gasteiger partial charge is 0.191 e. The Morgan fingerprint density at radius 3 is 2.64 bits per heavy atom. The van der Waals surface area contributed by atoms with Gasteiger partial charge in [-0.25, -0.2) is 0 Å². The summed E-state index contributed by atoms with van der Waals surface area (Å²) in [6.45, 7) is 5.40. The molecule has 1 aliphatic rings. The van der Waals surface area contributed by atoms with Gasteiger partial charge in [0.2, 0.25) is 0 Å². The lowest BCUT2D eigenvalue weighted by Crippen LogP contribution is -2.43. The van der Waals surface area contributed by atoms with E-state index in [1.54, 1.807) is 0 Å². The van der Waals surface area contributed by atoms with Crippen LogP contribution in [-0.2, 0) is 22.6 Å². The second kappa shape index (κ2) is 11.9. The zero-order valence-corrected chi connectivity index (χ0v) is 15.7. The molecular formula is C20H33N3O2. The third-order valence-corrected chi connectivity index (χ3v) is 4.47. The molecule has 1 aliphatic carbocycles. The van der Waals surface area contributed by atoms with Crippen LogP contribution in [0.1, 0.15) is 50.2 Å². The first-order chi connectivity index (χ1) is 12.3. The number of hydrogen-bond donors (Lipinski definition) is 2. The van der Waals surface area contributed by atoms with Crippen molar-refractivity contribution < 1.29 is 9.47 Å². The molecule has 0 spiro atoms. The topological polar surface area (TPSA) is 54.9 Å². The summed E-state index contributed by atoms with van der Waals surface area (Å²) >= 11 is 0. The molecule has 2 rings (SSSR count). The van der Waals surface area contributed by atoms with E-state index in [1.165, 1.54) is 43.2 Å². The van der Waals surface area contributed by atoms with E-state index in [0.29, 0.717) is 25.9 Å². The molecule has 0 aliphatic heterocycles. The Morgan fingerprint density at radius 2 is 1.88 bits per heavy atom. The van der Waals surface area contributed by atoms with E-state index < -0.39 is 0 Å². The molecular weight excluding hydrogens is 314 g/mol. The van der Waals surface area contributed by atoms with Crippen molar-refractivity contribution in [3.63, 3.8) is 0 Å². The third kappa shape index (κ3) is 7.88. The van der Waals surface area contributed by atoms with Crippen LogP contribution in [0.15, 0.2) is 29.3 Å². The average Bonchev–Trinajstić information content (AvgIpc) is 2.66. The van der Waals surface area contributed by atoms with Crippen LogP contribution < -0.4 is 10.6 Å². The Morgan fingerprint density at radius 1 is 1.12 bits per heavy atom. The predicted molar refractivity (Wildman–Crippen MR) is 103 cm³/mol. The van der Waals surface area contributed by atoms with Gasteiger partial charge in [0.1, 0.15) is 0 Å². The minimum absolute atomic E-state index is 0.560. The Balaban J connectivity index is 1.74. The number of hydrogen-bond acceptors (Lipinski definition) is 3. The van der Waals surface area contributed by atoms with Crippen LogP contribution in [0.2, 0.25) is 0 Å². The van der Waals surface area contributed by atoms with Crippen LogP contribution in [0.5, 0.6) is 0 Å². The SMILES string of the molecule is CCOCCOCc1cccc(CNC(=NC)NC2CCCCC2)c1. The van der Waals surface area contributed by atoms with Crippen molar-refractivity contribution >= 4 is 5.96 Å². The van der Waals surface area contributed by atoms with Crippen molar-refractivity contribution in [2.75, 3.05) is 26.9 Å². The molecule has 0 atom stereocenters. The van der Waals surface area contributed by atoms with Crippen LogP contribution in [-0.4, -0.2) is 38.9 Å². The van der Waals surface area contributed by atoms with Gasteiger partial charge < -0.3 is 20.1 Å². The highest BCUT2D eigenvalue weighted by Crippen LogP contribution is 2.17. The predicted octanol–water partition coefficient (Wildman–Crippen LogP) is 3.24. The molecule has 0 amide bonds. The molecule has 2 N–H and O–H groups in total. The average molecular weight is 348 g/mol. The van der Waals surface area contributed by atoms with Crippen molar-refractivity contribution in [2.24, 2.45) is 4.99 Å². The zero-order valence-electron chi connectivity index (χ0n) is 15.7. The molecule has 1 aromatic carbocycles. The lowest BCUT2D eigenvalue weighted by Gasteiger charge is -2.25. The number of aliphatic imine (C=N–C) groups is 1. The molecule has 140 valence electrons. The van der Waals surface area contributed by atoms with E-state index in [9.17, 15) is 0 Å². The van der Waals surface area contributed by atoms with Crippen molar-refractivity contribution in [1.82, 2.24) is 10.6 Å². The fourth-order valence-electron chi connectivity index (χ4n) is 3.10. The molecule has 5 nitrogen and oxygen atoms in total. The van der Waals surface area contributed by atoms with E-state index in [1.807, 2.05) is 14.0 Å². The molecule has 5 heteroatoms. The maximum atomic E-state index is 5.64. The van der Waals surface area contributed by atoms with Gasteiger partial charge in [-0.05, 0) is 30.9 Å². The number of benzene rings is 1. The van der Waals surface area contributed by atoms with E-state index >= 15 is 0 Å². The molecule has 1 fully saturated rings. The molecule has 0 radical (unpaired) electrons. The van der Waals surface area contributed by atoms with Crippen LogP contribution in [0.3, 0.4) is 0 Å². The highest BCUT2D eigenvalue weighted by atomic mass is 16.5.